The second-order valence-corrected chi connectivity index (χ2v) is 4.11. The van der Waals surface area contributed by atoms with Crippen LogP contribution >= 0.6 is 22.6 Å². The van der Waals surface area contributed by atoms with E-state index >= 15 is 0 Å². The molecule has 2 nitrogen and oxygen atoms in total. The van der Waals surface area contributed by atoms with E-state index in [0.717, 1.165) is 0 Å². The number of hydrogen-bond acceptors (Lipinski definition) is 1. The number of carbonyl (C=O) groups is 1. The first-order chi connectivity index (χ1) is 6.56. The van der Waals surface area contributed by atoms with Gasteiger partial charge in [-0.1, -0.05) is 0 Å². The van der Waals surface area contributed by atoms with Gasteiger partial charge in [0.25, 0.3) is 5.91 Å². The standard InChI is InChI=1S/C10H11FINO/c1-3-13(2)10(14)8-5-4-7(11)6-9(8)12/h4-6H,3H2,1-2H3. The smallest absolute Gasteiger partial charge is 0.254 e. The zero-order valence-electron chi connectivity index (χ0n) is 8.05. The fourth-order valence-electron chi connectivity index (χ4n) is 1.01. The predicted octanol–water partition coefficient (Wildman–Crippen LogP) is 2.52. The van der Waals surface area contributed by atoms with Gasteiger partial charge >= 0.3 is 0 Å². The van der Waals surface area contributed by atoms with Gasteiger partial charge < -0.3 is 4.90 Å². The Morgan fingerprint density at radius 3 is 2.71 bits per heavy atom. The van der Waals surface area contributed by atoms with Gasteiger partial charge in [-0.2, -0.15) is 0 Å². The van der Waals surface area contributed by atoms with Gasteiger partial charge in [-0.15, -0.1) is 0 Å². The van der Waals surface area contributed by atoms with Gasteiger partial charge in [-0.3, -0.25) is 4.79 Å². The molecule has 0 aliphatic carbocycles. The van der Waals surface area contributed by atoms with E-state index in [1.807, 2.05) is 29.5 Å². The van der Waals surface area contributed by atoms with Crippen molar-refractivity contribution in [3.63, 3.8) is 0 Å². The zero-order valence-corrected chi connectivity index (χ0v) is 10.2. The highest BCUT2D eigenvalue weighted by atomic mass is 127. The summed E-state index contributed by atoms with van der Waals surface area (Å²) in [6.07, 6.45) is 0. The predicted molar refractivity (Wildman–Crippen MR) is 61.8 cm³/mol. The van der Waals surface area contributed by atoms with Crippen molar-refractivity contribution in [2.24, 2.45) is 0 Å². The molecular weight excluding hydrogens is 296 g/mol. The van der Waals surface area contributed by atoms with Crippen LogP contribution in [-0.2, 0) is 0 Å². The number of rotatable bonds is 2. The minimum absolute atomic E-state index is 0.0723. The number of amides is 1. The van der Waals surface area contributed by atoms with Gasteiger partial charge in [0, 0.05) is 17.2 Å². The van der Waals surface area contributed by atoms with E-state index in [1.165, 1.54) is 18.2 Å². The molecule has 0 aromatic heterocycles. The van der Waals surface area contributed by atoms with Gasteiger partial charge in [0.05, 0.1) is 5.56 Å². The highest BCUT2D eigenvalue weighted by Gasteiger charge is 2.13. The molecule has 0 bridgehead atoms. The summed E-state index contributed by atoms with van der Waals surface area (Å²) >= 11 is 1.96. The topological polar surface area (TPSA) is 20.3 Å². The van der Waals surface area contributed by atoms with Crippen LogP contribution in [0.25, 0.3) is 0 Å². The fraction of sp³-hybridized carbons (Fsp3) is 0.300. The van der Waals surface area contributed by atoms with Gasteiger partial charge in [0.2, 0.25) is 0 Å². The monoisotopic (exact) mass is 307 g/mol. The maximum absolute atomic E-state index is 12.8. The summed E-state index contributed by atoms with van der Waals surface area (Å²) in [5.74, 6) is -0.387. The van der Waals surface area contributed by atoms with Crippen LogP contribution in [0, 0.1) is 9.39 Å². The van der Waals surface area contributed by atoms with E-state index in [-0.39, 0.29) is 11.7 Å². The van der Waals surface area contributed by atoms with Crippen molar-refractivity contribution in [3.8, 4) is 0 Å². The summed E-state index contributed by atoms with van der Waals surface area (Å²) < 4.78 is 13.4. The first kappa shape index (κ1) is 11.4. The molecule has 14 heavy (non-hydrogen) atoms. The van der Waals surface area contributed by atoms with Crippen molar-refractivity contribution in [1.82, 2.24) is 4.90 Å². The first-order valence-corrected chi connectivity index (χ1v) is 5.34. The largest absolute Gasteiger partial charge is 0.342 e. The van der Waals surface area contributed by atoms with Crippen LogP contribution in [0.5, 0.6) is 0 Å². The third kappa shape index (κ3) is 2.43. The summed E-state index contributed by atoms with van der Waals surface area (Å²) in [4.78, 5) is 13.3. The summed E-state index contributed by atoms with van der Waals surface area (Å²) in [6, 6.07) is 4.18. The minimum Gasteiger partial charge on any atom is -0.342 e. The normalized spacial score (nSPS) is 10.0. The Labute approximate surface area is 96.2 Å². The van der Waals surface area contributed by atoms with Crippen LogP contribution in [0.4, 0.5) is 4.39 Å². The molecule has 0 radical (unpaired) electrons. The molecule has 0 aliphatic rings. The van der Waals surface area contributed by atoms with E-state index in [4.69, 9.17) is 0 Å². The SMILES string of the molecule is CCN(C)C(=O)c1ccc(F)cc1I. The van der Waals surface area contributed by atoms with Crippen molar-refractivity contribution >= 4 is 28.5 Å². The van der Waals surface area contributed by atoms with Crippen molar-refractivity contribution in [2.45, 2.75) is 6.92 Å². The zero-order chi connectivity index (χ0) is 10.7. The number of carbonyl (C=O) groups excluding carboxylic acids is 1. The average molecular weight is 307 g/mol. The summed E-state index contributed by atoms with van der Waals surface area (Å²) in [6.45, 7) is 2.54. The molecule has 0 aliphatic heterocycles. The maximum atomic E-state index is 12.8. The molecule has 0 saturated carbocycles. The molecule has 0 N–H and O–H groups in total. The Kier molecular flexibility index (Phi) is 3.86. The molecule has 1 amide bonds. The first-order valence-electron chi connectivity index (χ1n) is 4.26. The summed E-state index contributed by atoms with van der Waals surface area (Å²) in [5, 5.41) is 0. The molecule has 0 fully saturated rings. The highest BCUT2D eigenvalue weighted by molar-refractivity contribution is 14.1. The molecule has 1 aromatic carbocycles. The van der Waals surface area contributed by atoms with Crippen LogP contribution in [0.2, 0.25) is 0 Å². The Morgan fingerprint density at radius 1 is 1.57 bits per heavy atom. The van der Waals surface area contributed by atoms with Crippen molar-refractivity contribution in [3.05, 3.63) is 33.1 Å². The second kappa shape index (κ2) is 4.72. The van der Waals surface area contributed by atoms with E-state index in [1.54, 1.807) is 11.9 Å². The Hall–Kier alpha value is -0.650. The lowest BCUT2D eigenvalue weighted by Crippen LogP contribution is -2.26. The molecule has 4 heteroatoms. The Bertz CT molecular complexity index is 354. The third-order valence-electron chi connectivity index (χ3n) is 1.98. The van der Waals surface area contributed by atoms with Gasteiger partial charge in [-0.05, 0) is 47.7 Å². The van der Waals surface area contributed by atoms with Gasteiger partial charge in [0.1, 0.15) is 5.82 Å². The molecule has 1 rings (SSSR count). The average Bonchev–Trinajstić information content (AvgIpc) is 2.15. The molecule has 1 aromatic rings. The van der Waals surface area contributed by atoms with Crippen LogP contribution in [-0.4, -0.2) is 24.4 Å². The highest BCUT2D eigenvalue weighted by Crippen LogP contribution is 2.15. The lowest BCUT2D eigenvalue weighted by molar-refractivity contribution is 0.0801. The van der Waals surface area contributed by atoms with E-state index in [0.29, 0.717) is 15.7 Å². The van der Waals surface area contributed by atoms with Gasteiger partial charge in [0.15, 0.2) is 0 Å². The third-order valence-corrected chi connectivity index (χ3v) is 2.88. The van der Waals surface area contributed by atoms with Crippen molar-refractivity contribution < 1.29 is 9.18 Å². The molecule has 76 valence electrons. The summed E-state index contributed by atoms with van der Waals surface area (Å²) in [5.41, 5.74) is 0.552. The quantitative estimate of drug-likeness (QED) is 0.769. The molecular formula is C10H11FINO. The second-order valence-electron chi connectivity index (χ2n) is 2.94. The lowest BCUT2D eigenvalue weighted by Gasteiger charge is -2.15. The van der Waals surface area contributed by atoms with Crippen molar-refractivity contribution in [2.75, 3.05) is 13.6 Å². The molecule has 0 saturated heterocycles. The van der Waals surface area contributed by atoms with E-state index in [9.17, 15) is 9.18 Å². The Morgan fingerprint density at radius 2 is 2.21 bits per heavy atom. The number of benzene rings is 1. The molecule has 0 atom stereocenters. The Balaban J connectivity index is 3.02. The van der Waals surface area contributed by atoms with E-state index < -0.39 is 0 Å². The maximum Gasteiger partial charge on any atom is 0.254 e. The number of nitrogens with zero attached hydrogens (tertiary/aromatic N) is 1. The molecule has 0 unspecified atom stereocenters. The van der Waals surface area contributed by atoms with Gasteiger partial charge in [-0.25, -0.2) is 4.39 Å². The van der Waals surface area contributed by atoms with Crippen molar-refractivity contribution in [1.29, 1.82) is 0 Å². The van der Waals surface area contributed by atoms with Crippen LogP contribution in [0.3, 0.4) is 0 Å². The molecule has 0 spiro atoms. The number of halogens is 2. The summed E-state index contributed by atoms with van der Waals surface area (Å²) in [7, 11) is 1.72. The number of hydrogen-bond donors (Lipinski definition) is 0. The van der Waals surface area contributed by atoms with Crippen LogP contribution < -0.4 is 0 Å². The lowest BCUT2D eigenvalue weighted by atomic mass is 10.2. The van der Waals surface area contributed by atoms with E-state index in [2.05, 4.69) is 0 Å². The van der Waals surface area contributed by atoms with Crippen LogP contribution in [0.15, 0.2) is 18.2 Å². The minimum atomic E-state index is -0.315. The van der Waals surface area contributed by atoms with Crippen LogP contribution in [0.1, 0.15) is 17.3 Å². The fourth-order valence-corrected chi connectivity index (χ4v) is 1.72. The molecule has 0 heterocycles.